The maximum atomic E-state index is 13.1. The molecule has 7 nitrogen and oxygen atoms in total. The standard InChI is InChI=1S/C20H21FN6OS/c1-13-14(2)28-18(22-13)12-25-7-9-26(10-8-25)20-24-27-11-17(23-19(27)29-20)15-3-5-16(21)6-4-15/h3-6,11H,7-10,12H2,1-2H3. The summed E-state index contributed by atoms with van der Waals surface area (Å²) in [6.07, 6.45) is 1.89. The minimum atomic E-state index is -0.248. The summed E-state index contributed by atoms with van der Waals surface area (Å²) >= 11 is 1.58. The van der Waals surface area contributed by atoms with Gasteiger partial charge < -0.3 is 9.32 Å². The normalized spacial score (nSPS) is 15.5. The molecule has 1 aliphatic rings. The second-order valence-corrected chi connectivity index (χ2v) is 8.19. The summed E-state index contributed by atoms with van der Waals surface area (Å²) in [5.41, 5.74) is 2.65. The number of fused-ring (bicyclic) bond motifs is 1. The van der Waals surface area contributed by atoms with E-state index in [2.05, 4.69) is 19.8 Å². The molecular formula is C20H21FN6OS. The van der Waals surface area contributed by atoms with Crippen LogP contribution in [0.4, 0.5) is 9.52 Å². The van der Waals surface area contributed by atoms with Gasteiger partial charge in [0.05, 0.1) is 24.1 Å². The van der Waals surface area contributed by atoms with Crippen molar-refractivity contribution >= 4 is 21.4 Å². The van der Waals surface area contributed by atoms with E-state index in [1.54, 1.807) is 23.5 Å². The van der Waals surface area contributed by atoms with Crippen molar-refractivity contribution in [3.8, 4) is 11.3 Å². The topological polar surface area (TPSA) is 62.7 Å². The minimum Gasteiger partial charge on any atom is -0.444 e. The van der Waals surface area contributed by atoms with Crippen LogP contribution in [-0.2, 0) is 6.54 Å². The van der Waals surface area contributed by atoms with Crippen molar-refractivity contribution in [3.63, 3.8) is 0 Å². The maximum Gasteiger partial charge on any atom is 0.214 e. The molecule has 1 aromatic carbocycles. The van der Waals surface area contributed by atoms with Crippen molar-refractivity contribution in [2.45, 2.75) is 20.4 Å². The fraction of sp³-hybridized carbons (Fsp3) is 0.350. The zero-order chi connectivity index (χ0) is 20.0. The molecule has 1 fully saturated rings. The molecule has 29 heavy (non-hydrogen) atoms. The fourth-order valence-corrected chi connectivity index (χ4v) is 4.41. The Labute approximate surface area is 171 Å². The molecule has 0 N–H and O–H groups in total. The predicted octanol–water partition coefficient (Wildman–Crippen LogP) is 3.52. The number of benzene rings is 1. The van der Waals surface area contributed by atoms with Gasteiger partial charge in [-0.1, -0.05) is 11.3 Å². The van der Waals surface area contributed by atoms with Crippen LogP contribution in [0.25, 0.3) is 16.2 Å². The first-order chi connectivity index (χ1) is 14.0. The first kappa shape index (κ1) is 18.3. The lowest BCUT2D eigenvalue weighted by Crippen LogP contribution is -2.46. The average Bonchev–Trinajstić information content (AvgIpc) is 3.37. The summed E-state index contributed by atoms with van der Waals surface area (Å²) in [5, 5.41) is 5.67. The number of hydrogen-bond donors (Lipinski definition) is 0. The Balaban J connectivity index is 1.24. The molecule has 0 atom stereocenters. The Morgan fingerprint density at radius 2 is 1.83 bits per heavy atom. The fourth-order valence-electron chi connectivity index (χ4n) is 3.47. The molecule has 4 aromatic rings. The van der Waals surface area contributed by atoms with Gasteiger partial charge in [0.1, 0.15) is 11.6 Å². The van der Waals surface area contributed by atoms with Crippen molar-refractivity contribution in [1.29, 1.82) is 0 Å². The first-order valence-corrected chi connectivity index (χ1v) is 10.4. The van der Waals surface area contributed by atoms with Gasteiger partial charge in [-0.2, -0.15) is 0 Å². The third-order valence-electron chi connectivity index (χ3n) is 5.25. The molecule has 0 unspecified atom stereocenters. The Morgan fingerprint density at radius 3 is 2.48 bits per heavy atom. The van der Waals surface area contributed by atoms with Crippen LogP contribution in [0.1, 0.15) is 17.3 Å². The van der Waals surface area contributed by atoms with Crippen LogP contribution >= 0.6 is 11.3 Å². The van der Waals surface area contributed by atoms with Gasteiger partial charge in [0.25, 0.3) is 0 Å². The van der Waals surface area contributed by atoms with Gasteiger partial charge in [0.2, 0.25) is 16.0 Å². The molecule has 0 spiro atoms. The molecule has 0 bridgehead atoms. The Hall–Kier alpha value is -2.78. The van der Waals surface area contributed by atoms with E-state index in [1.807, 2.05) is 24.6 Å². The highest BCUT2D eigenvalue weighted by Crippen LogP contribution is 2.27. The lowest BCUT2D eigenvalue weighted by molar-refractivity contribution is 0.224. The third-order valence-corrected chi connectivity index (χ3v) is 6.23. The highest BCUT2D eigenvalue weighted by Gasteiger charge is 2.22. The third kappa shape index (κ3) is 3.63. The molecule has 3 aromatic heterocycles. The Kier molecular flexibility index (Phi) is 4.56. The van der Waals surface area contributed by atoms with Crippen LogP contribution in [-0.4, -0.2) is 50.7 Å². The summed E-state index contributed by atoms with van der Waals surface area (Å²) in [7, 11) is 0. The van der Waals surface area contributed by atoms with Gasteiger partial charge in [-0.05, 0) is 38.1 Å². The molecule has 4 heterocycles. The Bertz CT molecular complexity index is 1090. The number of imidazole rings is 1. The van der Waals surface area contributed by atoms with Gasteiger partial charge in [-0.15, -0.1) is 5.10 Å². The molecule has 150 valence electrons. The second kappa shape index (κ2) is 7.23. The summed E-state index contributed by atoms with van der Waals surface area (Å²) in [4.78, 5) is 14.6. The number of aromatic nitrogens is 4. The summed E-state index contributed by atoms with van der Waals surface area (Å²) in [6, 6.07) is 6.36. The molecule has 0 aliphatic carbocycles. The van der Waals surface area contributed by atoms with Crippen molar-refractivity contribution in [1.82, 2.24) is 24.5 Å². The first-order valence-electron chi connectivity index (χ1n) is 9.57. The molecule has 0 amide bonds. The lowest BCUT2D eigenvalue weighted by Gasteiger charge is -2.33. The largest absolute Gasteiger partial charge is 0.444 e. The molecular weight excluding hydrogens is 391 g/mol. The highest BCUT2D eigenvalue weighted by atomic mass is 32.1. The van der Waals surface area contributed by atoms with Gasteiger partial charge >= 0.3 is 0 Å². The van der Waals surface area contributed by atoms with Crippen molar-refractivity contribution < 1.29 is 8.81 Å². The zero-order valence-electron chi connectivity index (χ0n) is 16.3. The minimum absolute atomic E-state index is 0.248. The second-order valence-electron chi connectivity index (χ2n) is 7.26. The predicted molar refractivity (Wildman–Crippen MR) is 110 cm³/mol. The van der Waals surface area contributed by atoms with Crippen LogP contribution in [0, 0.1) is 19.7 Å². The van der Waals surface area contributed by atoms with E-state index in [4.69, 9.17) is 9.52 Å². The number of aryl methyl sites for hydroxylation is 2. The summed E-state index contributed by atoms with van der Waals surface area (Å²) in [5.74, 6) is 1.43. The maximum absolute atomic E-state index is 13.1. The number of anilines is 1. The molecule has 1 aliphatic heterocycles. The van der Waals surface area contributed by atoms with Crippen molar-refractivity contribution in [2.24, 2.45) is 0 Å². The molecule has 0 radical (unpaired) electrons. The monoisotopic (exact) mass is 412 g/mol. The van der Waals surface area contributed by atoms with Crippen LogP contribution in [0.3, 0.4) is 0 Å². The van der Waals surface area contributed by atoms with Crippen LogP contribution in [0.15, 0.2) is 34.9 Å². The molecule has 0 saturated carbocycles. The number of piperazine rings is 1. The van der Waals surface area contributed by atoms with Gasteiger partial charge in [-0.3, -0.25) is 4.90 Å². The quantitative estimate of drug-likeness (QED) is 0.511. The van der Waals surface area contributed by atoms with Crippen LogP contribution in [0.2, 0.25) is 0 Å². The number of oxazole rings is 1. The van der Waals surface area contributed by atoms with Crippen LogP contribution in [0.5, 0.6) is 0 Å². The number of rotatable bonds is 4. The molecule has 5 rings (SSSR count). The SMILES string of the molecule is Cc1nc(CN2CCN(c3nn4cc(-c5ccc(F)cc5)nc4s3)CC2)oc1C. The van der Waals surface area contributed by atoms with Crippen LogP contribution < -0.4 is 4.90 Å². The number of nitrogens with zero attached hydrogens (tertiary/aromatic N) is 6. The van der Waals surface area contributed by atoms with Crippen molar-refractivity contribution in [3.05, 3.63) is 53.6 Å². The van der Waals surface area contributed by atoms with Gasteiger partial charge in [0, 0.05) is 31.7 Å². The van der Waals surface area contributed by atoms with E-state index in [0.717, 1.165) is 71.4 Å². The highest BCUT2D eigenvalue weighted by molar-refractivity contribution is 7.20. The number of hydrogen-bond acceptors (Lipinski definition) is 7. The smallest absolute Gasteiger partial charge is 0.214 e. The van der Waals surface area contributed by atoms with Gasteiger partial charge in [-0.25, -0.2) is 18.9 Å². The van der Waals surface area contributed by atoms with E-state index < -0.39 is 0 Å². The van der Waals surface area contributed by atoms with E-state index in [9.17, 15) is 4.39 Å². The lowest BCUT2D eigenvalue weighted by atomic mass is 10.2. The molecule has 1 saturated heterocycles. The van der Waals surface area contributed by atoms with Gasteiger partial charge in [0.15, 0.2) is 0 Å². The zero-order valence-corrected chi connectivity index (χ0v) is 17.1. The van der Waals surface area contributed by atoms with E-state index >= 15 is 0 Å². The Morgan fingerprint density at radius 1 is 1.07 bits per heavy atom. The number of halogens is 1. The van der Waals surface area contributed by atoms with E-state index in [-0.39, 0.29) is 5.82 Å². The van der Waals surface area contributed by atoms with Crippen molar-refractivity contribution in [2.75, 3.05) is 31.1 Å². The van der Waals surface area contributed by atoms with E-state index in [0.29, 0.717) is 0 Å². The summed E-state index contributed by atoms with van der Waals surface area (Å²) < 4.78 is 20.6. The van der Waals surface area contributed by atoms with E-state index in [1.165, 1.54) is 12.1 Å². The average molecular weight is 412 g/mol. The summed E-state index contributed by atoms with van der Waals surface area (Å²) in [6.45, 7) is 8.34. The molecule has 9 heteroatoms.